The molecule has 4 aromatic rings. The smallest absolute Gasteiger partial charge is 0.165 e. The largest absolute Gasteiger partial charge is 0.340 e. The standard InChI is InChI=1S/C23H18BrNO/c24-20-12-10-18(11-13-20)22(16-23(26)19-7-2-1-3-8-19)25-15-14-17-6-4-5-9-21(17)25/h1-15,22H,16H2/t22-/m1/s1. The zero-order chi connectivity index (χ0) is 17.9. The van der Waals surface area contributed by atoms with Crippen LogP contribution in [0, 0.1) is 0 Å². The molecular weight excluding hydrogens is 386 g/mol. The average Bonchev–Trinajstić information content (AvgIpc) is 3.11. The number of ketones is 1. The monoisotopic (exact) mass is 403 g/mol. The first-order valence-electron chi connectivity index (χ1n) is 8.61. The van der Waals surface area contributed by atoms with E-state index in [2.05, 4.69) is 57.0 Å². The summed E-state index contributed by atoms with van der Waals surface area (Å²) in [4.78, 5) is 12.9. The third kappa shape index (κ3) is 3.35. The summed E-state index contributed by atoms with van der Waals surface area (Å²) in [6.45, 7) is 0. The molecule has 0 N–H and O–H groups in total. The molecule has 0 aliphatic heterocycles. The van der Waals surface area contributed by atoms with Crippen molar-refractivity contribution in [1.82, 2.24) is 4.57 Å². The van der Waals surface area contributed by atoms with E-state index in [1.807, 2.05) is 54.6 Å². The van der Waals surface area contributed by atoms with Crippen LogP contribution < -0.4 is 0 Å². The maximum absolute atomic E-state index is 12.9. The van der Waals surface area contributed by atoms with Gasteiger partial charge in [0.15, 0.2) is 5.78 Å². The Hall–Kier alpha value is -2.65. The lowest BCUT2D eigenvalue weighted by Crippen LogP contribution is -2.15. The van der Waals surface area contributed by atoms with Crippen LogP contribution in [-0.4, -0.2) is 10.4 Å². The van der Waals surface area contributed by atoms with Gasteiger partial charge in [-0.15, -0.1) is 0 Å². The maximum Gasteiger partial charge on any atom is 0.165 e. The molecule has 0 unspecified atom stereocenters. The van der Waals surface area contributed by atoms with Gasteiger partial charge in [-0.05, 0) is 35.2 Å². The van der Waals surface area contributed by atoms with Gasteiger partial charge in [0.05, 0.1) is 6.04 Å². The van der Waals surface area contributed by atoms with Gasteiger partial charge in [-0.1, -0.05) is 76.6 Å². The molecule has 0 radical (unpaired) electrons. The van der Waals surface area contributed by atoms with Crippen LogP contribution in [0.25, 0.3) is 10.9 Å². The molecule has 0 spiro atoms. The lowest BCUT2D eigenvalue weighted by atomic mass is 9.97. The maximum atomic E-state index is 12.9. The van der Waals surface area contributed by atoms with E-state index in [0.717, 1.165) is 21.1 Å². The van der Waals surface area contributed by atoms with Crippen molar-refractivity contribution >= 4 is 32.6 Å². The van der Waals surface area contributed by atoms with E-state index in [4.69, 9.17) is 0 Å². The van der Waals surface area contributed by atoms with Gasteiger partial charge in [-0.3, -0.25) is 4.79 Å². The SMILES string of the molecule is O=C(C[C@H](c1ccc(Br)cc1)n1ccc2ccccc21)c1ccccc1. The Morgan fingerprint density at radius 3 is 2.31 bits per heavy atom. The summed E-state index contributed by atoms with van der Waals surface area (Å²) in [6, 6.07) is 28.1. The highest BCUT2D eigenvalue weighted by Crippen LogP contribution is 2.29. The van der Waals surface area contributed by atoms with Crippen LogP contribution in [0.15, 0.2) is 95.6 Å². The molecule has 3 aromatic carbocycles. The molecule has 0 aliphatic carbocycles. The van der Waals surface area contributed by atoms with Crippen molar-refractivity contribution in [3.8, 4) is 0 Å². The number of halogens is 1. The quantitative estimate of drug-likeness (QED) is 0.360. The molecule has 1 atom stereocenters. The van der Waals surface area contributed by atoms with Crippen LogP contribution in [0.3, 0.4) is 0 Å². The van der Waals surface area contributed by atoms with E-state index < -0.39 is 0 Å². The average molecular weight is 404 g/mol. The summed E-state index contributed by atoms with van der Waals surface area (Å²) in [5, 5.41) is 1.18. The molecule has 2 nitrogen and oxygen atoms in total. The normalized spacial score (nSPS) is 12.2. The highest BCUT2D eigenvalue weighted by Gasteiger charge is 2.20. The number of aromatic nitrogens is 1. The molecule has 0 bridgehead atoms. The lowest BCUT2D eigenvalue weighted by molar-refractivity contribution is 0.0970. The number of carbonyl (C=O) groups excluding carboxylic acids is 1. The topological polar surface area (TPSA) is 22.0 Å². The minimum absolute atomic E-state index is 0.0456. The molecule has 0 fully saturated rings. The highest BCUT2D eigenvalue weighted by atomic mass is 79.9. The van der Waals surface area contributed by atoms with Crippen molar-refractivity contribution in [3.05, 3.63) is 107 Å². The second-order valence-corrected chi connectivity index (χ2v) is 7.26. The van der Waals surface area contributed by atoms with Gasteiger partial charge < -0.3 is 4.57 Å². The van der Waals surface area contributed by atoms with E-state index in [1.165, 1.54) is 5.39 Å². The van der Waals surface area contributed by atoms with Crippen LogP contribution in [0.2, 0.25) is 0 Å². The van der Waals surface area contributed by atoms with Gasteiger partial charge in [0.2, 0.25) is 0 Å². The number of para-hydroxylation sites is 1. The Balaban J connectivity index is 1.77. The predicted molar refractivity (Wildman–Crippen MR) is 110 cm³/mol. The second-order valence-electron chi connectivity index (χ2n) is 6.34. The summed E-state index contributed by atoms with van der Waals surface area (Å²) in [5.41, 5.74) is 3.02. The number of benzene rings is 3. The van der Waals surface area contributed by atoms with Gasteiger partial charge in [-0.2, -0.15) is 0 Å². The van der Waals surface area contributed by atoms with Crippen molar-refractivity contribution in [3.63, 3.8) is 0 Å². The molecule has 0 aliphatic rings. The van der Waals surface area contributed by atoms with Crippen LogP contribution in [0.5, 0.6) is 0 Å². The minimum Gasteiger partial charge on any atom is -0.340 e. The Bertz CT molecular complexity index is 1030. The lowest BCUT2D eigenvalue weighted by Gasteiger charge is -2.20. The fourth-order valence-corrected chi connectivity index (χ4v) is 3.62. The Kier molecular flexibility index (Phi) is 4.72. The van der Waals surface area contributed by atoms with Crippen LogP contribution in [0.1, 0.15) is 28.4 Å². The van der Waals surface area contributed by atoms with Crippen LogP contribution in [0.4, 0.5) is 0 Å². The van der Waals surface area contributed by atoms with E-state index in [9.17, 15) is 4.79 Å². The summed E-state index contributed by atoms with van der Waals surface area (Å²) in [5.74, 6) is 0.149. The summed E-state index contributed by atoms with van der Waals surface area (Å²) in [7, 11) is 0. The number of Topliss-reactive ketones (excluding diaryl/α,β-unsaturated/α-hetero) is 1. The van der Waals surface area contributed by atoms with Gasteiger partial charge in [-0.25, -0.2) is 0 Å². The summed E-state index contributed by atoms with van der Waals surface area (Å²) in [6.07, 6.45) is 2.50. The Labute approximate surface area is 161 Å². The molecular formula is C23H18BrNO. The first kappa shape index (κ1) is 16.8. The van der Waals surface area contributed by atoms with Crippen molar-refractivity contribution in [2.75, 3.05) is 0 Å². The molecule has 0 amide bonds. The van der Waals surface area contributed by atoms with Crippen LogP contribution in [-0.2, 0) is 0 Å². The van der Waals surface area contributed by atoms with Crippen molar-refractivity contribution < 1.29 is 4.79 Å². The fraction of sp³-hybridized carbons (Fsp3) is 0.0870. The molecule has 1 heterocycles. The summed E-state index contributed by atoms with van der Waals surface area (Å²) >= 11 is 3.50. The van der Waals surface area contributed by atoms with Gasteiger partial charge in [0, 0.05) is 28.2 Å². The number of hydrogen-bond donors (Lipinski definition) is 0. The molecule has 26 heavy (non-hydrogen) atoms. The third-order valence-electron chi connectivity index (χ3n) is 4.69. The number of rotatable bonds is 5. The second kappa shape index (κ2) is 7.30. The molecule has 128 valence electrons. The van der Waals surface area contributed by atoms with Crippen molar-refractivity contribution in [2.45, 2.75) is 12.5 Å². The third-order valence-corrected chi connectivity index (χ3v) is 5.22. The molecule has 0 saturated carbocycles. The van der Waals surface area contributed by atoms with Crippen LogP contribution >= 0.6 is 15.9 Å². The predicted octanol–water partition coefficient (Wildman–Crippen LogP) is 6.27. The fourth-order valence-electron chi connectivity index (χ4n) is 3.36. The highest BCUT2D eigenvalue weighted by molar-refractivity contribution is 9.10. The number of nitrogens with zero attached hydrogens (tertiary/aromatic N) is 1. The first-order valence-corrected chi connectivity index (χ1v) is 9.41. The summed E-state index contributed by atoms with van der Waals surface area (Å²) < 4.78 is 3.24. The van der Waals surface area contributed by atoms with E-state index in [1.54, 1.807) is 0 Å². The molecule has 1 aromatic heterocycles. The Morgan fingerprint density at radius 2 is 1.54 bits per heavy atom. The van der Waals surface area contributed by atoms with Crippen molar-refractivity contribution in [1.29, 1.82) is 0 Å². The van der Waals surface area contributed by atoms with E-state index in [-0.39, 0.29) is 11.8 Å². The van der Waals surface area contributed by atoms with Gasteiger partial charge in [0.1, 0.15) is 0 Å². The Morgan fingerprint density at radius 1 is 0.846 bits per heavy atom. The van der Waals surface area contributed by atoms with Gasteiger partial charge >= 0.3 is 0 Å². The molecule has 0 saturated heterocycles. The molecule has 4 rings (SSSR count). The van der Waals surface area contributed by atoms with Gasteiger partial charge in [0.25, 0.3) is 0 Å². The first-order chi connectivity index (χ1) is 12.7. The van der Waals surface area contributed by atoms with Crippen molar-refractivity contribution in [2.24, 2.45) is 0 Å². The zero-order valence-electron chi connectivity index (χ0n) is 14.2. The van der Waals surface area contributed by atoms with E-state index in [0.29, 0.717) is 6.42 Å². The number of fused-ring (bicyclic) bond motifs is 1. The number of carbonyl (C=O) groups is 1. The minimum atomic E-state index is -0.0456. The number of hydrogen-bond acceptors (Lipinski definition) is 1. The van der Waals surface area contributed by atoms with E-state index >= 15 is 0 Å². The zero-order valence-corrected chi connectivity index (χ0v) is 15.8. The molecule has 3 heteroatoms.